The fraction of sp³-hybridized carbons (Fsp3) is 0.571. The van der Waals surface area contributed by atoms with Crippen LogP contribution in [0.15, 0.2) is 24.3 Å². The summed E-state index contributed by atoms with van der Waals surface area (Å²) in [5, 5.41) is 9.19. The Morgan fingerprint density at radius 2 is 1.88 bits per heavy atom. The van der Waals surface area contributed by atoms with E-state index in [0.717, 1.165) is 6.42 Å². The Morgan fingerprint density at radius 1 is 1.25 bits per heavy atom. The van der Waals surface area contributed by atoms with Crippen LogP contribution in [0.1, 0.15) is 38.2 Å². The minimum absolute atomic E-state index is 0.271. The lowest BCUT2D eigenvalue weighted by Gasteiger charge is -2.18. The Labute approximate surface area is 97.3 Å². The van der Waals surface area contributed by atoms with E-state index in [1.54, 1.807) is 12.1 Å². The molecule has 0 spiro atoms. The fourth-order valence-electron chi connectivity index (χ4n) is 2.37. The second-order valence-electron chi connectivity index (χ2n) is 4.72. The van der Waals surface area contributed by atoms with Crippen molar-refractivity contribution in [3.8, 4) is 5.75 Å². The SMILES string of the molecule is CC(Cc1ccc(O)cc1)OC1CCCC1. The van der Waals surface area contributed by atoms with Gasteiger partial charge in [-0.3, -0.25) is 0 Å². The maximum Gasteiger partial charge on any atom is 0.115 e. The van der Waals surface area contributed by atoms with Crippen LogP contribution < -0.4 is 0 Å². The highest BCUT2D eigenvalue weighted by Gasteiger charge is 2.18. The van der Waals surface area contributed by atoms with Gasteiger partial charge in [-0.05, 0) is 43.9 Å². The molecule has 0 radical (unpaired) electrons. The van der Waals surface area contributed by atoms with Gasteiger partial charge in [0.1, 0.15) is 5.75 Å². The molecule has 1 atom stereocenters. The minimum atomic E-state index is 0.271. The molecule has 0 aromatic heterocycles. The van der Waals surface area contributed by atoms with E-state index in [1.165, 1.54) is 31.2 Å². The molecule has 88 valence electrons. The summed E-state index contributed by atoms with van der Waals surface area (Å²) in [5.41, 5.74) is 1.23. The van der Waals surface area contributed by atoms with Crippen molar-refractivity contribution in [3.63, 3.8) is 0 Å². The van der Waals surface area contributed by atoms with E-state index in [4.69, 9.17) is 4.74 Å². The van der Waals surface area contributed by atoms with Gasteiger partial charge < -0.3 is 9.84 Å². The first-order chi connectivity index (χ1) is 7.74. The Kier molecular flexibility index (Phi) is 3.83. The highest BCUT2D eigenvalue weighted by molar-refractivity contribution is 5.26. The summed E-state index contributed by atoms with van der Waals surface area (Å²) in [5.74, 6) is 0.327. The lowest BCUT2D eigenvalue weighted by molar-refractivity contribution is 0.00286. The molecule has 2 nitrogen and oxygen atoms in total. The lowest BCUT2D eigenvalue weighted by Crippen LogP contribution is -2.19. The number of rotatable bonds is 4. The lowest BCUT2D eigenvalue weighted by atomic mass is 10.1. The summed E-state index contributed by atoms with van der Waals surface area (Å²) in [7, 11) is 0. The Balaban J connectivity index is 1.81. The van der Waals surface area contributed by atoms with E-state index in [-0.39, 0.29) is 6.10 Å². The van der Waals surface area contributed by atoms with Crippen LogP contribution in [-0.2, 0) is 11.2 Å². The number of hydrogen-bond acceptors (Lipinski definition) is 2. The largest absolute Gasteiger partial charge is 0.508 e. The Morgan fingerprint density at radius 3 is 2.50 bits per heavy atom. The van der Waals surface area contributed by atoms with Gasteiger partial charge in [0, 0.05) is 0 Å². The third-order valence-electron chi connectivity index (χ3n) is 3.19. The van der Waals surface area contributed by atoms with E-state index in [0.29, 0.717) is 11.9 Å². The average Bonchev–Trinajstić information content (AvgIpc) is 2.74. The summed E-state index contributed by atoms with van der Waals surface area (Å²) in [6.45, 7) is 2.13. The number of phenolic OH excluding ortho intramolecular Hbond substituents is 1. The first-order valence-electron chi connectivity index (χ1n) is 6.17. The van der Waals surface area contributed by atoms with Crippen molar-refractivity contribution in [2.24, 2.45) is 0 Å². The summed E-state index contributed by atoms with van der Waals surface area (Å²) in [6.07, 6.45) is 6.75. The van der Waals surface area contributed by atoms with E-state index in [1.807, 2.05) is 12.1 Å². The van der Waals surface area contributed by atoms with Crippen LogP contribution in [0.25, 0.3) is 0 Å². The molecule has 1 aromatic carbocycles. The van der Waals surface area contributed by atoms with Crippen molar-refractivity contribution in [2.75, 3.05) is 0 Å². The molecule has 0 amide bonds. The Bertz CT molecular complexity index is 312. The number of benzene rings is 1. The molecule has 1 aromatic rings. The maximum absolute atomic E-state index is 9.19. The average molecular weight is 220 g/mol. The Hall–Kier alpha value is -1.02. The van der Waals surface area contributed by atoms with Gasteiger partial charge in [0.15, 0.2) is 0 Å². The quantitative estimate of drug-likeness (QED) is 0.843. The smallest absolute Gasteiger partial charge is 0.115 e. The van der Waals surface area contributed by atoms with E-state index < -0.39 is 0 Å². The molecular weight excluding hydrogens is 200 g/mol. The highest BCUT2D eigenvalue weighted by Crippen LogP contribution is 2.23. The zero-order valence-electron chi connectivity index (χ0n) is 9.86. The standard InChI is InChI=1S/C14H20O2/c1-11(16-14-4-2-3-5-14)10-12-6-8-13(15)9-7-12/h6-9,11,14-15H,2-5,10H2,1H3. The number of aromatic hydroxyl groups is 1. The summed E-state index contributed by atoms with van der Waals surface area (Å²) >= 11 is 0. The van der Waals surface area contributed by atoms with E-state index >= 15 is 0 Å². The third-order valence-corrected chi connectivity index (χ3v) is 3.19. The molecule has 1 N–H and O–H groups in total. The molecule has 1 unspecified atom stereocenters. The van der Waals surface area contributed by atoms with Gasteiger partial charge >= 0.3 is 0 Å². The maximum atomic E-state index is 9.19. The summed E-state index contributed by atoms with van der Waals surface area (Å²) in [4.78, 5) is 0. The van der Waals surface area contributed by atoms with Gasteiger partial charge in [-0.1, -0.05) is 25.0 Å². The van der Waals surface area contributed by atoms with E-state index in [9.17, 15) is 5.11 Å². The third kappa shape index (κ3) is 3.24. The second kappa shape index (κ2) is 5.35. The van der Waals surface area contributed by atoms with Crippen LogP contribution in [-0.4, -0.2) is 17.3 Å². The number of hydrogen-bond donors (Lipinski definition) is 1. The van der Waals surface area contributed by atoms with Gasteiger partial charge in [-0.2, -0.15) is 0 Å². The van der Waals surface area contributed by atoms with Crippen LogP contribution in [0.2, 0.25) is 0 Å². The highest BCUT2D eigenvalue weighted by atomic mass is 16.5. The van der Waals surface area contributed by atoms with Crippen LogP contribution >= 0.6 is 0 Å². The van der Waals surface area contributed by atoms with Crippen LogP contribution in [0, 0.1) is 0 Å². The zero-order valence-corrected chi connectivity index (χ0v) is 9.86. The molecule has 0 aliphatic heterocycles. The van der Waals surface area contributed by atoms with Crippen LogP contribution in [0.4, 0.5) is 0 Å². The summed E-state index contributed by atoms with van der Waals surface area (Å²) < 4.78 is 5.98. The summed E-state index contributed by atoms with van der Waals surface area (Å²) in [6, 6.07) is 7.39. The first-order valence-corrected chi connectivity index (χ1v) is 6.17. The van der Waals surface area contributed by atoms with Gasteiger partial charge in [0.05, 0.1) is 12.2 Å². The normalized spacial score (nSPS) is 18.8. The minimum Gasteiger partial charge on any atom is -0.508 e. The fourth-order valence-corrected chi connectivity index (χ4v) is 2.37. The van der Waals surface area contributed by atoms with Gasteiger partial charge in [-0.25, -0.2) is 0 Å². The van der Waals surface area contributed by atoms with Crippen molar-refractivity contribution < 1.29 is 9.84 Å². The molecular formula is C14H20O2. The topological polar surface area (TPSA) is 29.5 Å². The van der Waals surface area contributed by atoms with Crippen LogP contribution in [0.5, 0.6) is 5.75 Å². The molecule has 2 rings (SSSR count). The second-order valence-corrected chi connectivity index (χ2v) is 4.72. The van der Waals surface area contributed by atoms with Gasteiger partial charge in [-0.15, -0.1) is 0 Å². The number of phenols is 1. The molecule has 0 heterocycles. The zero-order chi connectivity index (χ0) is 11.4. The predicted octanol–water partition coefficient (Wildman–Crippen LogP) is 3.28. The number of ether oxygens (including phenoxy) is 1. The predicted molar refractivity (Wildman–Crippen MR) is 64.6 cm³/mol. The first kappa shape index (κ1) is 11.5. The molecule has 0 saturated heterocycles. The van der Waals surface area contributed by atoms with Crippen molar-refractivity contribution in [1.82, 2.24) is 0 Å². The molecule has 1 aliphatic rings. The van der Waals surface area contributed by atoms with Crippen LogP contribution in [0.3, 0.4) is 0 Å². The monoisotopic (exact) mass is 220 g/mol. The molecule has 1 aliphatic carbocycles. The van der Waals surface area contributed by atoms with Crippen molar-refractivity contribution in [1.29, 1.82) is 0 Å². The van der Waals surface area contributed by atoms with Crippen molar-refractivity contribution in [3.05, 3.63) is 29.8 Å². The molecule has 1 saturated carbocycles. The van der Waals surface area contributed by atoms with Gasteiger partial charge in [0.25, 0.3) is 0 Å². The molecule has 16 heavy (non-hydrogen) atoms. The molecule has 0 bridgehead atoms. The van der Waals surface area contributed by atoms with Crippen molar-refractivity contribution >= 4 is 0 Å². The molecule has 2 heteroatoms. The molecule has 1 fully saturated rings. The van der Waals surface area contributed by atoms with Crippen molar-refractivity contribution in [2.45, 2.75) is 51.2 Å². The van der Waals surface area contributed by atoms with E-state index in [2.05, 4.69) is 6.92 Å². The van der Waals surface area contributed by atoms with Gasteiger partial charge in [0.2, 0.25) is 0 Å².